The van der Waals surface area contributed by atoms with Crippen LogP contribution in [-0.2, 0) is 28.5 Å². The topological polar surface area (TPSA) is 71.1 Å². The van der Waals surface area contributed by atoms with Crippen molar-refractivity contribution in [3.63, 3.8) is 0 Å². The van der Waals surface area contributed by atoms with Crippen molar-refractivity contribution in [3.05, 3.63) is 23.8 Å². The van der Waals surface area contributed by atoms with E-state index in [0.29, 0.717) is 12.2 Å². The number of allylic oxidation sites excluding steroid dienone is 2. The maximum absolute atomic E-state index is 12.1. The van der Waals surface area contributed by atoms with Gasteiger partial charge < -0.3 is 18.9 Å². The molecule has 122 valence electrons. The standard InChI is InChI=1S/C16H22O6/c1-10-7-16(13(17)19-4,14(18)20-5)8-11(10)6-12-9-21-15(2,3)22-12/h6,12H,1,7-9H2,2-5H3/b11-6+/t12-/m0/s1. The van der Waals surface area contributed by atoms with Crippen LogP contribution < -0.4 is 0 Å². The van der Waals surface area contributed by atoms with E-state index in [1.54, 1.807) is 0 Å². The van der Waals surface area contributed by atoms with E-state index >= 15 is 0 Å². The van der Waals surface area contributed by atoms with Crippen LogP contribution in [0.15, 0.2) is 23.8 Å². The zero-order chi connectivity index (χ0) is 16.5. The van der Waals surface area contributed by atoms with Crippen molar-refractivity contribution in [1.29, 1.82) is 0 Å². The molecule has 1 atom stereocenters. The lowest BCUT2D eigenvalue weighted by Gasteiger charge is -2.21. The fraction of sp³-hybridized carbons (Fsp3) is 0.625. The number of carbonyl (C=O) groups excluding carboxylic acids is 2. The number of hydrogen-bond donors (Lipinski definition) is 0. The molecule has 0 aromatic rings. The first-order chi connectivity index (χ1) is 10.2. The van der Waals surface area contributed by atoms with Crippen LogP contribution in [-0.4, -0.2) is 44.7 Å². The van der Waals surface area contributed by atoms with Gasteiger partial charge in [-0.05, 0) is 38.3 Å². The molecule has 0 aromatic carbocycles. The van der Waals surface area contributed by atoms with Gasteiger partial charge in [0.15, 0.2) is 11.2 Å². The second kappa shape index (κ2) is 5.85. The molecule has 1 aliphatic carbocycles. The molecule has 0 N–H and O–H groups in total. The van der Waals surface area contributed by atoms with Gasteiger partial charge in [-0.2, -0.15) is 0 Å². The van der Waals surface area contributed by atoms with E-state index < -0.39 is 23.1 Å². The quantitative estimate of drug-likeness (QED) is 0.584. The van der Waals surface area contributed by atoms with E-state index in [1.165, 1.54) is 14.2 Å². The summed E-state index contributed by atoms with van der Waals surface area (Å²) < 4.78 is 20.8. The first-order valence-corrected chi connectivity index (χ1v) is 7.11. The van der Waals surface area contributed by atoms with Gasteiger partial charge >= 0.3 is 11.9 Å². The summed E-state index contributed by atoms with van der Waals surface area (Å²) in [7, 11) is 2.52. The maximum Gasteiger partial charge on any atom is 0.323 e. The molecule has 1 heterocycles. The van der Waals surface area contributed by atoms with Crippen LogP contribution in [0.5, 0.6) is 0 Å². The highest BCUT2D eigenvalue weighted by molar-refractivity contribution is 6.01. The van der Waals surface area contributed by atoms with E-state index in [-0.39, 0.29) is 18.9 Å². The van der Waals surface area contributed by atoms with Crippen LogP contribution in [0.3, 0.4) is 0 Å². The normalized spacial score (nSPS) is 27.9. The summed E-state index contributed by atoms with van der Waals surface area (Å²) in [6.45, 7) is 8.06. The highest BCUT2D eigenvalue weighted by Gasteiger charge is 2.53. The number of carbonyl (C=O) groups is 2. The molecule has 1 aliphatic heterocycles. The molecule has 2 rings (SSSR count). The molecule has 1 saturated carbocycles. The minimum absolute atomic E-state index is 0.190. The second-order valence-electron chi connectivity index (χ2n) is 6.08. The van der Waals surface area contributed by atoms with Gasteiger partial charge in [-0.1, -0.05) is 12.2 Å². The predicted octanol–water partition coefficient (Wildman–Crippen LogP) is 1.75. The molecule has 2 fully saturated rings. The average molecular weight is 310 g/mol. The lowest BCUT2D eigenvalue weighted by Crippen LogP contribution is -2.38. The van der Waals surface area contributed by atoms with Crippen LogP contribution in [0.2, 0.25) is 0 Å². The van der Waals surface area contributed by atoms with E-state index in [0.717, 1.165) is 5.57 Å². The van der Waals surface area contributed by atoms with Gasteiger partial charge in [0.25, 0.3) is 0 Å². The van der Waals surface area contributed by atoms with Gasteiger partial charge in [-0.3, -0.25) is 9.59 Å². The Labute approximate surface area is 130 Å². The third-order valence-corrected chi connectivity index (χ3v) is 4.03. The highest BCUT2D eigenvalue weighted by atomic mass is 16.7. The second-order valence-corrected chi connectivity index (χ2v) is 6.08. The van der Waals surface area contributed by atoms with Gasteiger partial charge in [0.1, 0.15) is 6.10 Å². The summed E-state index contributed by atoms with van der Waals surface area (Å²) in [6, 6.07) is 0. The number of hydrogen-bond acceptors (Lipinski definition) is 6. The zero-order valence-corrected chi connectivity index (χ0v) is 13.4. The summed E-state index contributed by atoms with van der Waals surface area (Å²) in [4.78, 5) is 24.2. The van der Waals surface area contributed by atoms with Crippen molar-refractivity contribution in [1.82, 2.24) is 0 Å². The Morgan fingerprint density at radius 1 is 1.23 bits per heavy atom. The molecule has 0 unspecified atom stereocenters. The molecule has 0 aromatic heterocycles. The van der Waals surface area contributed by atoms with Crippen LogP contribution in [0.4, 0.5) is 0 Å². The number of methoxy groups -OCH3 is 2. The molecule has 0 bridgehead atoms. The Hall–Kier alpha value is -1.66. The van der Waals surface area contributed by atoms with Gasteiger partial charge in [0.05, 0.1) is 20.8 Å². The predicted molar refractivity (Wildman–Crippen MR) is 77.8 cm³/mol. The van der Waals surface area contributed by atoms with E-state index in [2.05, 4.69) is 6.58 Å². The smallest absolute Gasteiger partial charge is 0.323 e. The minimum Gasteiger partial charge on any atom is -0.468 e. The Balaban J connectivity index is 2.25. The fourth-order valence-corrected chi connectivity index (χ4v) is 2.95. The van der Waals surface area contributed by atoms with Gasteiger partial charge in [0, 0.05) is 0 Å². The zero-order valence-electron chi connectivity index (χ0n) is 13.4. The number of ether oxygens (including phenoxy) is 4. The van der Waals surface area contributed by atoms with E-state index in [9.17, 15) is 9.59 Å². The SMILES string of the molecule is C=C1CC(C(=O)OC)(C(=O)OC)C/C1=C\[C@H]1COC(C)(C)O1. The van der Waals surface area contributed by atoms with Gasteiger partial charge in [-0.25, -0.2) is 0 Å². The van der Waals surface area contributed by atoms with Crippen LogP contribution in [0, 0.1) is 5.41 Å². The summed E-state index contributed by atoms with van der Waals surface area (Å²) in [5.41, 5.74) is 0.174. The van der Waals surface area contributed by atoms with Crippen LogP contribution >= 0.6 is 0 Å². The van der Waals surface area contributed by atoms with Crippen LogP contribution in [0.1, 0.15) is 26.7 Å². The molecule has 0 amide bonds. The number of esters is 2. The first-order valence-electron chi connectivity index (χ1n) is 7.11. The first kappa shape index (κ1) is 16.7. The van der Waals surface area contributed by atoms with Crippen LogP contribution in [0.25, 0.3) is 0 Å². The molecule has 2 aliphatic rings. The van der Waals surface area contributed by atoms with Crippen molar-refractivity contribution >= 4 is 11.9 Å². The van der Waals surface area contributed by atoms with Gasteiger partial charge in [0.2, 0.25) is 0 Å². The molecule has 6 nitrogen and oxygen atoms in total. The molecule has 0 spiro atoms. The Morgan fingerprint density at radius 3 is 2.27 bits per heavy atom. The molecular weight excluding hydrogens is 288 g/mol. The average Bonchev–Trinajstić information content (AvgIpc) is 2.98. The summed E-state index contributed by atoms with van der Waals surface area (Å²) in [5, 5.41) is 0. The van der Waals surface area contributed by atoms with Crippen molar-refractivity contribution in [2.75, 3.05) is 20.8 Å². The lowest BCUT2D eigenvalue weighted by atomic mass is 9.85. The number of rotatable bonds is 3. The Morgan fingerprint density at radius 2 is 1.82 bits per heavy atom. The summed E-state index contributed by atoms with van der Waals surface area (Å²) in [6.07, 6.45) is 2.03. The van der Waals surface area contributed by atoms with Crippen molar-refractivity contribution < 1.29 is 28.5 Å². The molecule has 1 saturated heterocycles. The molecule has 0 radical (unpaired) electrons. The Kier molecular flexibility index (Phi) is 4.44. The molecule has 6 heteroatoms. The fourth-order valence-electron chi connectivity index (χ4n) is 2.95. The third-order valence-electron chi connectivity index (χ3n) is 4.03. The largest absolute Gasteiger partial charge is 0.468 e. The van der Waals surface area contributed by atoms with Gasteiger partial charge in [-0.15, -0.1) is 0 Å². The monoisotopic (exact) mass is 310 g/mol. The maximum atomic E-state index is 12.1. The van der Waals surface area contributed by atoms with Crippen molar-refractivity contribution in [3.8, 4) is 0 Å². The highest BCUT2D eigenvalue weighted by Crippen LogP contribution is 2.46. The molecular formula is C16H22O6. The summed E-state index contributed by atoms with van der Waals surface area (Å²) >= 11 is 0. The minimum atomic E-state index is -1.35. The molecule has 22 heavy (non-hydrogen) atoms. The third kappa shape index (κ3) is 2.94. The Bertz CT molecular complexity index is 515. The van der Waals surface area contributed by atoms with Crippen molar-refractivity contribution in [2.45, 2.75) is 38.6 Å². The lowest BCUT2D eigenvalue weighted by molar-refractivity contribution is -0.168. The summed E-state index contributed by atoms with van der Waals surface area (Å²) in [5.74, 6) is -1.84. The van der Waals surface area contributed by atoms with Crippen molar-refractivity contribution in [2.24, 2.45) is 5.41 Å². The van der Waals surface area contributed by atoms with E-state index in [4.69, 9.17) is 18.9 Å². The van der Waals surface area contributed by atoms with E-state index in [1.807, 2.05) is 19.9 Å².